The highest BCUT2D eigenvalue weighted by atomic mass is 16.5. The van der Waals surface area contributed by atoms with Crippen LogP contribution in [0.3, 0.4) is 0 Å². The molecule has 0 unspecified atom stereocenters. The number of ether oxygens (including phenoxy) is 1. The molecule has 202 valence electrons. The maximum atomic E-state index is 13.9. The normalized spacial score (nSPS) is 21.7. The average Bonchev–Trinajstić information content (AvgIpc) is 3.57. The summed E-state index contributed by atoms with van der Waals surface area (Å²) in [6.07, 6.45) is 3.83. The maximum Gasteiger partial charge on any atom is 0.250 e. The van der Waals surface area contributed by atoms with E-state index in [1.807, 2.05) is 72.5 Å². The molecular formula is C30H38N4O4. The summed E-state index contributed by atoms with van der Waals surface area (Å²) in [5.74, 6) is -0.259. The van der Waals surface area contributed by atoms with Gasteiger partial charge in [-0.2, -0.15) is 0 Å². The third kappa shape index (κ3) is 5.27. The van der Waals surface area contributed by atoms with Gasteiger partial charge in [-0.15, -0.1) is 0 Å². The fourth-order valence-corrected chi connectivity index (χ4v) is 6.14. The summed E-state index contributed by atoms with van der Waals surface area (Å²) in [5.41, 5.74) is 1.23. The number of hydrogen-bond donors (Lipinski definition) is 1. The van der Waals surface area contributed by atoms with Crippen LogP contribution in [0.5, 0.6) is 0 Å². The van der Waals surface area contributed by atoms with Crippen molar-refractivity contribution in [3.63, 3.8) is 0 Å². The van der Waals surface area contributed by atoms with Crippen molar-refractivity contribution in [1.29, 1.82) is 0 Å². The fourth-order valence-electron chi connectivity index (χ4n) is 6.14. The molecule has 3 amide bonds. The van der Waals surface area contributed by atoms with E-state index in [-0.39, 0.29) is 36.3 Å². The molecule has 3 saturated heterocycles. The zero-order valence-corrected chi connectivity index (χ0v) is 22.2. The standard InChI is InChI=1S/C30H38N4O4/c1-2-26(23-10-5-3-6-11-23)28(36)32-17-15-30(16-18-32)29(37)33(22-34(30)24-12-7-4-8-13-24)21-27(35)31-20-25-14-9-19-38-25/h3-8,10-13,25-26H,2,9,14-22H2,1H3,(H,31,35)/t25-,26-/m0/s1. The van der Waals surface area contributed by atoms with Gasteiger partial charge < -0.3 is 24.8 Å². The van der Waals surface area contributed by atoms with Crippen LogP contribution in [0.4, 0.5) is 5.69 Å². The van der Waals surface area contributed by atoms with Gasteiger partial charge in [-0.1, -0.05) is 55.5 Å². The Kier molecular flexibility index (Phi) is 7.98. The van der Waals surface area contributed by atoms with Crippen molar-refractivity contribution >= 4 is 23.4 Å². The second-order valence-corrected chi connectivity index (χ2v) is 10.6. The third-order valence-electron chi connectivity index (χ3n) is 8.28. The van der Waals surface area contributed by atoms with E-state index in [1.54, 1.807) is 4.90 Å². The Labute approximate surface area is 224 Å². The Morgan fingerprint density at radius 3 is 2.37 bits per heavy atom. The predicted octanol–water partition coefficient (Wildman–Crippen LogP) is 3.14. The molecule has 5 rings (SSSR count). The van der Waals surface area contributed by atoms with E-state index in [9.17, 15) is 14.4 Å². The van der Waals surface area contributed by atoms with E-state index in [0.29, 0.717) is 39.1 Å². The summed E-state index contributed by atoms with van der Waals surface area (Å²) in [6, 6.07) is 19.8. The molecule has 2 atom stereocenters. The summed E-state index contributed by atoms with van der Waals surface area (Å²) < 4.78 is 5.61. The van der Waals surface area contributed by atoms with Crippen molar-refractivity contribution in [2.24, 2.45) is 0 Å². The highest BCUT2D eigenvalue weighted by Crippen LogP contribution is 2.40. The van der Waals surface area contributed by atoms with E-state index in [2.05, 4.69) is 10.2 Å². The number of rotatable bonds is 8. The summed E-state index contributed by atoms with van der Waals surface area (Å²) in [5, 5.41) is 2.95. The molecule has 0 aromatic heterocycles. The van der Waals surface area contributed by atoms with Crippen molar-refractivity contribution < 1.29 is 19.1 Å². The topological polar surface area (TPSA) is 82.2 Å². The molecule has 0 radical (unpaired) electrons. The molecular weight excluding hydrogens is 480 g/mol. The quantitative estimate of drug-likeness (QED) is 0.581. The van der Waals surface area contributed by atoms with Crippen LogP contribution in [0, 0.1) is 0 Å². The molecule has 1 spiro atoms. The van der Waals surface area contributed by atoms with Crippen LogP contribution >= 0.6 is 0 Å². The molecule has 2 aromatic rings. The Bertz CT molecular complexity index is 1110. The van der Waals surface area contributed by atoms with Gasteiger partial charge in [0.15, 0.2) is 0 Å². The summed E-state index contributed by atoms with van der Waals surface area (Å²) >= 11 is 0. The van der Waals surface area contributed by atoms with Crippen LogP contribution in [-0.2, 0) is 19.1 Å². The first-order valence-corrected chi connectivity index (χ1v) is 13.9. The monoisotopic (exact) mass is 518 g/mol. The lowest BCUT2D eigenvalue weighted by atomic mass is 9.84. The van der Waals surface area contributed by atoms with Gasteiger partial charge in [0.25, 0.3) is 5.91 Å². The second-order valence-electron chi connectivity index (χ2n) is 10.6. The number of amides is 3. The first-order chi connectivity index (χ1) is 18.5. The van der Waals surface area contributed by atoms with Crippen LogP contribution in [-0.4, -0.2) is 78.6 Å². The molecule has 3 heterocycles. The number of likely N-dealkylation sites (tertiary alicyclic amines) is 1. The molecule has 8 nitrogen and oxygen atoms in total. The number of para-hydroxylation sites is 1. The van der Waals surface area contributed by atoms with E-state index >= 15 is 0 Å². The van der Waals surface area contributed by atoms with Crippen molar-refractivity contribution in [3.8, 4) is 0 Å². The molecule has 3 aliphatic heterocycles. The Balaban J connectivity index is 1.29. The van der Waals surface area contributed by atoms with Crippen LogP contribution in [0.25, 0.3) is 0 Å². The Morgan fingerprint density at radius 1 is 1.05 bits per heavy atom. The number of anilines is 1. The molecule has 8 heteroatoms. The molecule has 3 fully saturated rings. The molecule has 0 saturated carbocycles. The van der Waals surface area contributed by atoms with Crippen molar-refractivity contribution in [2.45, 2.75) is 56.6 Å². The number of carbonyl (C=O) groups excluding carboxylic acids is 3. The van der Waals surface area contributed by atoms with E-state index in [1.165, 1.54) is 0 Å². The van der Waals surface area contributed by atoms with E-state index < -0.39 is 5.54 Å². The van der Waals surface area contributed by atoms with E-state index in [4.69, 9.17) is 4.74 Å². The van der Waals surface area contributed by atoms with Crippen molar-refractivity contribution in [1.82, 2.24) is 15.1 Å². The number of piperidine rings is 1. The summed E-state index contributed by atoms with van der Waals surface area (Å²) in [4.78, 5) is 45.9. The first-order valence-electron chi connectivity index (χ1n) is 13.9. The lowest BCUT2D eigenvalue weighted by Crippen LogP contribution is -2.58. The first kappa shape index (κ1) is 26.2. The predicted molar refractivity (Wildman–Crippen MR) is 146 cm³/mol. The second kappa shape index (κ2) is 11.6. The smallest absolute Gasteiger partial charge is 0.250 e. The lowest BCUT2D eigenvalue weighted by Gasteiger charge is -2.44. The third-order valence-corrected chi connectivity index (χ3v) is 8.28. The minimum atomic E-state index is -0.762. The highest BCUT2D eigenvalue weighted by Gasteiger charge is 2.54. The van der Waals surface area contributed by atoms with Gasteiger partial charge in [-0.25, -0.2) is 0 Å². The highest BCUT2D eigenvalue weighted by molar-refractivity contribution is 5.96. The number of hydrogen-bond acceptors (Lipinski definition) is 5. The SMILES string of the molecule is CC[C@H](C(=O)N1CCC2(CC1)C(=O)N(CC(=O)NC[C@@H]1CCCO1)CN2c1ccccc1)c1ccccc1. The minimum absolute atomic E-state index is 0.0190. The Hall–Kier alpha value is -3.39. The van der Waals surface area contributed by atoms with Crippen molar-refractivity contribution in [2.75, 3.05) is 44.4 Å². The summed E-state index contributed by atoms with van der Waals surface area (Å²) in [7, 11) is 0. The lowest BCUT2D eigenvalue weighted by molar-refractivity contribution is -0.140. The maximum absolute atomic E-state index is 13.9. The van der Waals surface area contributed by atoms with Gasteiger partial charge >= 0.3 is 0 Å². The minimum Gasteiger partial charge on any atom is -0.376 e. The van der Waals surface area contributed by atoms with Crippen LogP contribution in [0.2, 0.25) is 0 Å². The number of carbonyl (C=O) groups is 3. The van der Waals surface area contributed by atoms with Crippen molar-refractivity contribution in [3.05, 3.63) is 66.2 Å². The largest absolute Gasteiger partial charge is 0.376 e. The molecule has 1 N–H and O–H groups in total. The van der Waals surface area contributed by atoms with Gasteiger partial charge in [0.1, 0.15) is 12.1 Å². The van der Waals surface area contributed by atoms with Crippen LogP contribution < -0.4 is 10.2 Å². The Morgan fingerprint density at radius 2 is 1.74 bits per heavy atom. The zero-order valence-electron chi connectivity index (χ0n) is 22.2. The van der Waals surface area contributed by atoms with Gasteiger partial charge in [0.2, 0.25) is 11.8 Å². The number of benzene rings is 2. The van der Waals surface area contributed by atoms with Gasteiger partial charge in [0, 0.05) is 31.9 Å². The van der Waals surface area contributed by atoms with Crippen LogP contribution in [0.1, 0.15) is 50.5 Å². The zero-order chi connectivity index (χ0) is 26.5. The number of nitrogens with one attached hydrogen (secondary N) is 1. The van der Waals surface area contributed by atoms with E-state index in [0.717, 1.165) is 37.1 Å². The molecule has 0 bridgehead atoms. The van der Waals surface area contributed by atoms with Gasteiger partial charge in [0.05, 0.1) is 18.7 Å². The molecule has 3 aliphatic rings. The summed E-state index contributed by atoms with van der Waals surface area (Å²) in [6.45, 7) is 4.65. The average molecular weight is 519 g/mol. The van der Waals surface area contributed by atoms with Gasteiger partial charge in [-0.05, 0) is 49.8 Å². The molecule has 0 aliphatic carbocycles. The number of nitrogens with zero attached hydrogens (tertiary/aromatic N) is 3. The molecule has 38 heavy (non-hydrogen) atoms. The fraction of sp³-hybridized carbons (Fsp3) is 0.500. The van der Waals surface area contributed by atoms with Crippen LogP contribution in [0.15, 0.2) is 60.7 Å². The van der Waals surface area contributed by atoms with Gasteiger partial charge in [-0.3, -0.25) is 14.4 Å². The molecule has 2 aromatic carbocycles.